The smallest absolute Gasteiger partial charge is 0.127 e. The predicted molar refractivity (Wildman–Crippen MR) is 90.8 cm³/mol. The molecule has 2 aliphatic rings. The van der Waals surface area contributed by atoms with Crippen molar-refractivity contribution in [2.45, 2.75) is 51.0 Å². The zero-order valence-corrected chi connectivity index (χ0v) is 13.8. The van der Waals surface area contributed by atoms with E-state index < -0.39 is 0 Å². The molecule has 2 heterocycles. The summed E-state index contributed by atoms with van der Waals surface area (Å²) in [4.78, 5) is 0. The lowest BCUT2D eigenvalue weighted by Crippen LogP contribution is -2.37. The van der Waals surface area contributed by atoms with Gasteiger partial charge in [-0.2, -0.15) is 5.10 Å². The molecule has 1 saturated carbocycles. The topological polar surface area (TPSA) is 29.9 Å². The highest BCUT2D eigenvalue weighted by molar-refractivity contribution is 6.31. The molecule has 1 aromatic heterocycles. The molecule has 0 bridgehead atoms. The lowest BCUT2D eigenvalue weighted by Gasteiger charge is -2.42. The molecule has 116 valence electrons. The minimum absolute atomic E-state index is 0.0235. The van der Waals surface area contributed by atoms with E-state index in [9.17, 15) is 0 Å². The highest BCUT2D eigenvalue weighted by Crippen LogP contribution is 2.52. The standard InChI is InChI=1S/C18H22ClN3/c1-2-13-16(21-22-12-6-11-20-17(13)22)18(9-5-10-18)14-7-3-4-8-15(14)19/h3-4,7-8,20H,2,5-6,9-12H2,1H3. The van der Waals surface area contributed by atoms with E-state index in [4.69, 9.17) is 16.7 Å². The molecule has 1 aliphatic heterocycles. The number of anilines is 1. The van der Waals surface area contributed by atoms with Crippen molar-refractivity contribution in [3.05, 3.63) is 46.1 Å². The van der Waals surface area contributed by atoms with Gasteiger partial charge >= 0.3 is 0 Å². The van der Waals surface area contributed by atoms with E-state index in [1.54, 1.807) is 0 Å². The predicted octanol–water partition coefficient (Wildman–Crippen LogP) is 4.38. The fourth-order valence-corrected chi connectivity index (χ4v) is 4.34. The van der Waals surface area contributed by atoms with Crippen molar-refractivity contribution in [1.82, 2.24) is 9.78 Å². The van der Waals surface area contributed by atoms with Gasteiger partial charge in [-0.1, -0.05) is 43.1 Å². The first-order valence-electron chi connectivity index (χ1n) is 8.35. The van der Waals surface area contributed by atoms with Gasteiger partial charge < -0.3 is 5.32 Å². The summed E-state index contributed by atoms with van der Waals surface area (Å²) < 4.78 is 2.18. The molecule has 0 radical (unpaired) electrons. The summed E-state index contributed by atoms with van der Waals surface area (Å²) in [5, 5.41) is 9.46. The SMILES string of the molecule is CCc1c(C2(c3ccccc3Cl)CCC2)nn2c1NCCC2. The van der Waals surface area contributed by atoms with Gasteiger partial charge in [0.1, 0.15) is 5.82 Å². The maximum absolute atomic E-state index is 6.54. The van der Waals surface area contributed by atoms with Crippen molar-refractivity contribution in [1.29, 1.82) is 0 Å². The van der Waals surface area contributed by atoms with Crippen LogP contribution in [0.2, 0.25) is 5.02 Å². The van der Waals surface area contributed by atoms with Crippen molar-refractivity contribution < 1.29 is 0 Å². The van der Waals surface area contributed by atoms with E-state index in [2.05, 4.69) is 29.1 Å². The Kier molecular flexibility index (Phi) is 3.41. The van der Waals surface area contributed by atoms with Gasteiger partial charge in [-0.25, -0.2) is 4.68 Å². The zero-order valence-electron chi connectivity index (χ0n) is 13.0. The second-order valence-electron chi connectivity index (χ2n) is 6.45. The summed E-state index contributed by atoms with van der Waals surface area (Å²) in [5.41, 5.74) is 3.93. The normalized spacial score (nSPS) is 19.2. The number of nitrogens with one attached hydrogen (secondary N) is 1. The molecular formula is C18H22ClN3. The highest BCUT2D eigenvalue weighted by Gasteiger charge is 2.45. The fourth-order valence-electron chi connectivity index (χ4n) is 4.03. The maximum atomic E-state index is 6.54. The first kappa shape index (κ1) is 14.1. The lowest BCUT2D eigenvalue weighted by atomic mass is 9.61. The Labute approximate surface area is 136 Å². The third-order valence-corrected chi connectivity index (χ3v) is 5.62. The van der Waals surface area contributed by atoms with Crippen LogP contribution >= 0.6 is 11.6 Å². The number of benzene rings is 1. The van der Waals surface area contributed by atoms with Gasteiger partial charge in [-0.3, -0.25) is 0 Å². The number of rotatable bonds is 3. The Morgan fingerprint density at radius 3 is 2.77 bits per heavy atom. The summed E-state index contributed by atoms with van der Waals surface area (Å²) in [7, 11) is 0. The summed E-state index contributed by atoms with van der Waals surface area (Å²) >= 11 is 6.54. The number of fused-ring (bicyclic) bond motifs is 1. The molecule has 4 heteroatoms. The average molecular weight is 316 g/mol. The van der Waals surface area contributed by atoms with Crippen LogP contribution in [0.3, 0.4) is 0 Å². The second kappa shape index (κ2) is 5.31. The van der Waals surface area contributed by atoms with Crippen LogP contribution < -0.4 is 5.32 Å². The molecule has 2 aromatic rings. The quantitative estimate of drug-likeness (QED) is 0.910. The number of hydrogen-bond donors (Lipinski definition) is 1. The van der Waals surface area contributed by atoms with Crippen molar-refractivity contribution in [2.75, 3.05) is 11.9 Å². The van der Waals surface area contributed by atoms with Gasteiger partial charge in [0.05, 0.1) is 5.69 Å². The third kappa shape index (κ3) is 1.91. The molecule has 1 aromatic carbocycles. The van der Waals surface area contributed by atoms with E-state index in [-0.39, 0.29) is 5.41 Å². The van der Waals surface area contributed by atoms with Crippen LogP contribution in [-0.2, 0) is 18.4 Å². The maximum Gasteiger partial charge on any atom is 0.127 e. The Morgan fingerprint density at radius 1 is 1.27 bits per heavy atom. The molecule has 1 aliphatic carbocycles. The minimum atomic E-state index is 0.0235. The number of halogens is 1. The zero-order chi connectivity index (χ0) is 15.2. The second-order valence-corrected chi connectivity index (χ2v) is 6.86. The summed E-state index contributed by atoms with van der Waals surface area (Å²) in [6.45, 7) is 4.31. The van der Waals surface area contributed by atoms with Gasteiger partial charge in [0.2, 0.25) is 0 Å². The van der Waals surface area contributed by atoms with Crippen LogP contribution in [0.1, 0.15) is 49.4 Å². The van der Waals surface area contributed by atoms with Crippen molar-refractivity contribution in [2.24, 2.45) is 0 Å². The van der Waals surface area contributed by atoms with E-state index in [0.29, 0.717) is 0 Å². The van der Waals surface area contributed by atoms with Gasteiger partial charge in [0.25, 0.3) is 0 Å². The van der Waals surface area contributed by atoms with E-state index in [1.165, 1.54) is 29.1 Å². The Bertz CT molecular complexity index is 700. The fraction of sp³-hybridized carbons (Fsp3) is 0.500. The number of aromatic nitrogens is 2. The van der Waals surface area contributed by atoms with Crippen molar-refractivity contribution in [3.63, 3.8) is 0 Å². The monoisotopic (exact) mass is 315 g/mol. The molecule has 0 saturated heterocycles. The van der Waals surface area contributed by atoms with Gasteiger partial charge in [-0.05, 0) is 37.3 Å². The first-order chi connectivity index (χ1) is 10.8. The molecule has 22 heavy (non-hydrogen) atoms. The van der Waals surface area contributed by atoms with Crippen LogP contribution in [0.15, 0.2) is 24.3 Å². The van der Waals surface area contributed by atoms with Gasteiger partial charge in [0.15, 0.2) is 0 Å². The number of nitrogens with zero attached hydrogens (tertiary/aromatic N) is 2. The molecule has 0 atom stereocenters. The third-order valence-electron chi connectivity index (χ3n) is 5.29. The molecule has 1 N–H and O–H groups in total. The largest absolute Gasteiger partial charge is 0.370 e. The number of hydrogen-bond acceptors (Lipinski definition) is 2. The van der Waals surface area contributed by atoms with E-state index in [1.807, 2.05) is 12.1 Å². The highest BCUT2D eigenvalue weighted by atomic mass is 35.5. The molecule has 3 nitrogen and oxygen atoms in total. The average Bonchev–Trinajstić information content (AvgIpc) is 2.86. The molecule has 0 unspecified atom stereocenters. The van der Waals surface area contributed by atoms with Crippen LogP contribution in [0.25, 0.3) is 0 Å². The van der Waals surface area contributed by atoms with Crippen LogP contribution in [0, 0.1) is 0 Å². The Hall–Kier alpha value is -1.48. The Balaban J connectivity index is 1.89. The molecule has 0 amide bonds. The first-order valence-corrected chi connectivity index (χ1v) is 8.73. The van der Waals surface area contributed by atoms with E-state index >= 15 is 0 Å². The minimum Gasteiger partial charge on any atom is -0.370 e. The van der Waals surface area contributed by atoms with Crippen LogP contribution in [0.4, 0.5) is 5.82 Å². The summed E-state index contributed by atoms with van der Waals surface area (Å²) in [6, 6.07) is 8.31. The van der Waals surface area contributed by atoms with E-state index in [0.717, 1.165) is 43.8 Å². The van der Waals surface area contributed by atoms with Crippen molar-refractivity contribution >= 4 is 17.4 Å². The molecule has 0 spiro atoms. The van der Waals surface area contributed by atoms with Gasteiger partial charge in [-0.15, -0.1) is 0 Å². The van der Waals surface area contributed by atoms with Crippen LogP contribution in [-0.4, -0.2) is 16.3 Å². The molecule has 4 rings (SSSR count). The Morgan fingerprint density at radius 2 is 2.09 bits per heavy atom. The van der Waals surface area contributed by atoms with Crippen molar-refractivity contribution in [3.8, 4) is 0 Å². The molecule has 1 fully saturated rings. The van der Waals surface area contributed by atoms with Gasteiger partial charge in [0, 0.05) is 29.1 Å². The summed E-state index contributed by atoms with van der Waals surface area (Å²) in [6.07, 6.45) is 5.73. The molecular weight excluding hydrogens is 294 g/mol. The summed E-state index contributed by atoms with van der Waals surface area (Å²) in [5.74, 6) is 1.24. The number of aryl methyl sites for hydroxylation is 1. The lowest BCUT2D eigenvalue weighted by molar-refractivity contribution is 0.289. The van der Waals surface area contributed by atoms with Crippen LogP contribution in [0.5, 0.6) is 0 Å².